The van der Waals surface area contributed by atoms with Crippen molar-refractivity contribution in [2.24, 2.45) is 0 Å². The lowest BCUT2D eigenvalue weighted by Gasteiger charge is -2.02. The maximum Gasteiger partial charge on any atom is 0.158 e. The van der Waals surface area contributed by atoms with Crippen LogP contribution in [0.4, 0.5) is 0 Å². The highest BCUT2D eigenvalue weighted by molar-refractivity contribution is 5.13. The number of aromatic nitrogens is 3. The van der Waals surface area contributed by atoms with Crippen LogP contribution in [0.25, 0.3) is 0 Å². The molecule has 0 bridgehead atoms. The van der Waals surface area contributed by atoms with Crippen LogP contribution < -0.4 is 5.32 Å². The smallest absolute Gasteiger partial charge is 0.158 e. The molecule has 1 aliphatic rings. The van der Waals surface area contributed by atoms with Crippen LogP contribution in [0.3, 0.4) is 0 Å². The highest BCUT2D eigenvalue weighted by Crippen LogP contribution is 2.19. The van der Waals surface area contributed by atoms with Crippen LogP contribution in [0.2, 0.25) is 0 Å². The Morgan fingerprint density at radius 3 is 2.80 bits per heavy atom. The predicted octanol–water partition coefficient (Wildman–Crippen LogP) is 2.30. The maximum atomic E-state index is 5.41. The van der Waals surface area contributed by atoms with E-state index >= 15 is 0 Å². The Hall–Kier alpha value is -1.62. The Balaban J connectivity index is 1.65. The van der Waals surface area contributed by atoms with Gasteiger partial charge in [0.2, 0.25) is 0 Å². The van der Waals surface area contributed by atoms with Gasteiger partial charge in [-0.05, 0) is 31.7 Å². The minimum atomic E-state index is 0.666. The first-order valence-corrected chi connectivity index (χ1v) is 7.52. The molecular weight excluding hydrogens is 252 g/mol. The van der Waals surface area contributed by atoms with Gasteiger partial charge >= 0.3 is 0 Å². The van der Waals surface area contributed by atoms with Gasteiger partial charge in [-0.15, -0.1) is 0 Å². The van der Waals surface area contributed by atoms with E-state index in [0.29, 0.717) is 12.6 Å². The van der Waals surface area contributed by atoms with Crippen LogP contribution in [0.5, 0.6) is 0 Å². The third-order valence-electron chi connectivity index (χ3n) is 3.70. The summed E-state index contributed by atoms with van der Waals surface area (Å²) >= 11 is 0. The van der Waals surface area contributed by atoms with E-state index in [1.165, 1.54) is 18.5 Å². The van der Waals surface area contributed by atoms with Crippen molar-refractivity contribution < 1.29 is 4.52 Å². The lowest BCUT2D eigenvalue weighted by atomic mass is 10.2. The summed E-state index contributed by atoms with van der Waals surface area (Å²) in [5.74, 6) is 0.873. The molecule has 2 heterocycles. The van der Waals surface area contributed by atoms with Crippen molar-refractivity contribution in [3.05, 3.63) is 35.0 Å². The second kappa shape index (κ2) is 5.79. The van der Waals surface area contributed by atoms with E-state index in [4.69, 9.17) is 4.52 Å². The summed E-state index contributed by atoms with van der Waals surface area (Å²) in [6.45, 7) is 5.74. The second-order valence-electron chi connectivity index (χ2n) is 5.43. The van der Waals surface area contributed by atoms with Crippen LogP contribution >= 0.6 is 0 Å². The van der Waals surface area contributed by atoms with Crippen molar-refractivity contribution >= 4 is 0 Å². The fraction of sp³-hybridized carbons (Fsp3) is 0.600. The molecule has 1 N–H and O–H groups in total. The number of nitrogens with one attached hydrogen (secondary N) is 1. The summed E-state index contributed by atoms with van der Waals surface area (Å²) in [6.07, 6.45) is 4.53. The first-order chi connectivity index (χ1) is 9.78. The second-order valence-corrected chi connectivity index (χ2v) is 5.43. The molecule has 1 saturated carbocycles. The summed E-state index contributed by atoms with van der Waals surface area (Å²) < 4.78 is 7.44. The quantitative estimate of drug-likeness (QED) is 0.841. The molecule has 0 unspecified atom stereocenters. The zero-order valence-corrected chi connectivity index (χ0v) is 12.2. The minimum absolute atomic E-state index is 0.666. The normalized spacial score (nSPS) is 14.9. The number of hydrogen-bond donors (Lipinski definition) is 1. The molecule has 5 nitrogen and oxygen atoms in total. The molecule has 108 valence electrons. The van der Waals surface area contributed by atoms with Gasteiger partial charge in [0.1, 0.15) is 6.54 Å². The van der Waals surface area contributed by atoms with Gasteiger partial charge in [0.25, 0.3) is 0 Å². The summed E-state index contributed by atoms with van der Waals surface area (Å²) in [5, 5.41) is 12.2. The molecule has 0 aromatic carbocycles. The van der Waals surface area contributed by atoms with Crippen molar-refractivity contribution in [3.63, 3.8) is 0 Å². The Morgan fingerprint density at radius 1 is 1.25 bits per heavy atom. The third kappa shape index (κ3) is 3.10. The molecule has 1 aliphatic carbocycles. The molecule has 0 aliphatic heterocycles. The summed E-state index contributed by atoms with van der Waals surface area (Å²) in [5.41, 5.74) is 3.36. The highest BCUT2D eigenvalue weighted by Gasteiger charge is 2.20. The van der Waals surface area contributed by atoms with E-state index in [9.17, 15) is 0 Å². The monoisotopic (exact) mass is 274 g/mol. The van der Waals surface area contributed by atoms with Crippen LogP contribution in [-0.4, -0.2) is 21.0 Å². The van der Waals surface area contributed by atoms with Crippen molar-refractivity contribution in [1.82, 2.24) is 20.3 Å². The van der Waals surface area contributed by atoms with E-state index in [1.807, 2.05) is 10.7 Å². The largest absolute Gasteiger partial charge is 0.359 e. The topological polar surface area (TPSA) is 55.9 Å². The third-order valence-corrected chi connectivity index (χ3v) is 3.70. The van der Waals surface area contributed by atoms with Gasteiger partial charge in [0.15, 0.2) is 5.76 Å². The van der Waals surface area contributed by atoms with E-state index < -0.39 is 0 Å². The summed E-state index contributed by atoms with van der Waals surface area (Å²) in [7, 11) is 0. The molecule has 1 fully saturated rings. The molecular formula is C15H22N4O. The molecule has 2 aromatic rings. The van der Waals surface area contributed by atoms with Crippen LogP contribution in [0.1, 0.15) is 49.5 Å². The van der Waals surface area contributed by atoms with Crippen molar-refractivity contribution in [2.45, 2.75) is 58.7 Å². The molecule has 0 amide bonds. The average Bonchev–Trinajstić information content (AvgIpc) is 3.05. The number of rotatable bonds is 7. The first-order valence-electron chi connectivity index (χ1n) is 7.52. The number of aryl methyl sites for hydroxylation is 2. The molecule has 0 saturated heterocycles. The Kier molecular flexibility index (Phi) is 3.87. The molecule has 3 rings (SSSR count). The Labute approximate surface area is 119 Å². The fourth-order valence-corrected chi connectivity index (χ4v) is 2.31. The Morgan fingerprint density at radius 2 is 2.10 bits per heavy atom. The molecule has 20 heavy (non-hydrogen) atoms. The van der Waals surface area contributed by atoms with E-state index in [0.717, 1.165) is 36.5 Å². The first kappa shape index (κ1) is 13.4. The average molecular weight is 274 g/mol. The molecule has 0 atom stereocenters. The SMILES string of the molecule is CCc1cc(CC)n(Cc2cc(CNC3CC3)no2)n1. The lowest BCUT2D eigenvalue weighted by Crippen LogP contribution is -2.15. The molecule has 0 spiro atoms. The lowest BCUT2D eigenvalue weighted by molar-refractivity contribution is 0.362. The van der Waals surface area contributed by atoms with Gasteiger partial charge < -0.3 is 9.84 Å². The van der Waals surface area contributed by atoms with Gasteiger partial charge in [-0.1, -0.05) is 19.0 Å². The zero-order valence-electron chi connectivity index (χ0n) is 12.2. The number of hydrogen-bond acceptors (Lipinski definition) is 4. The maximum absolute atomic E-state index is 5.41. The zero-order chi connectivity index (χ0) is 13.9. The van der Waals surface area contributed by atoms with E-state index in [-0.39, 0.29) is 0 Å². The predicted molar refractivity (Wildman–Crippen MR) is 76.4 cm³/mol. The molecule has 5 heteroatoms. The summed E-state index contributed by atoms with van der Waals surface area (Å²) in [4.78, 5) is 0. The van der Waals surface area contributed by atoms with Gasteiger partial charge in [0.05, 0.1) is 11.4 Å². The Bertz CT molecular complexity index is 568. The van der Waals surface area contributed by atoms with Gasteiger partial charge in [-0.3, -0.25) is 4.68 Å². The van der Waals surface area contributed by atoms with Gasteiger partial charge in [-0.25, -0.2) is 0 Å². The van der Waals surface area contributed by atoms with Crippen LogP contribution in [0.15, 0.2) is 16.7 Å². The van der Waals surface area contributed by atoms with Gasteiger partial charge in [0, 0.05) is 24.3 Å². The van der Waals surface area contributed by atoms with Crippen molar-refractivity contribution in [2.75, 3.05) is 0 Å². The standard InChI is InChI=1S/C15H22N4O/c1-3-11-7-14(4-2)19(17-11)10-15-8-13(18-20-15)9-16-12-5-6-12/h7-8,12,16H,3-6,9-10H2,1-2H3. The molecule has 2 aromatic heterocycles. The van der Waals surface area contributed by atoms with E-state index in [1.54, 1.807) is 0 Å². The van der Waals surface area contributed by atoms with Gasteiger partial charge in [-0.2, -0.15) is 5.10 Å². The van der Waals surface area contributed by atoms with Crippen LogP contribution in [-0.2, 0) is 25.9 Å². The minimum Gasteiger partial charge on any atom is -0.359 e. The van der Waals surface area contributed by atoms with E-state index in [2.05, 4.69) is 35.5 Å². The highest BCUT2D eigenvalue weighted by atomic mass is 16.5. The number of nitrogens with zero attached hydrogens (tertiary/aromatic N) is 3. The summed E-state index contributed by atoms with van der Waals surface area (Å²) in [6, 6.07) is 4.90. The van der Waals surface area contributed by atoms with Crippen molar-refractivity contribution in [3.8, 4) is 0 Å². The van der Waals surface area contributed by atoms with Crippen molar-refractivity contribution in [1.29, 1.82) is 0 Å². The van der Waals surface area contributed by atoms with Crippen LogP contribution in [0, 0.1) is 0 Å². The fourth-order valence-electron chi connectivity index (χ4n) is 2.31. The molecule has 0 radical (unpaired) electrons.